The Morgan fingerprint density at radius 1 is 0.923 bits per heavy atom. The number of carbonyl (C=O) groups is 2. The Morgan fingerprint density at radius 2 is 1.58 bits per heavy atom. The van der Waals surface area contributed by atoms with Crippen molar-refractivity contribution in [1.82, 2.24) is 0 Å². The van der Waals surface area contributed by atoms with Crippen molar-refractivity contribution in [2.75, 3.05) is 17.3 Å². The largest absolute Gasteiger partial charge is 0.494 e. The predicted molar refractivity (Wildman–Crippen MR) is 106 cm³/mol. The molecule has 0 fully saturated rings. The van der Waals surface area contributed by atoms with Gasteiger partial charge in [0.25, 0.3) is 11.8 Å². The summed E-state index contributed by atoms with van der Waals surface area (Å²) in [5, 5.41) is 0. The van der Waals surface area contributed by atoms with Crippen molar-refractivity contribution in [1.29, 1.82) is 0 Å². The van der Waals surface area contributed by atoms with E-state index in [4.69, 9.17) is 4.74 Å². The van der Waals surface area contributed by atoms with Crippen molar-refractivity contribution in [3.05, 3.63) is 64.6 Å². The first-order valence-corrected chi connectivity index (χ1v) is 9.61. The summed E-state index contributed by atoms with van der Waals surface area (Å²) in [7, 11) is 0. The zero-order chi connectivity index (χ0) is 18.7. The molecule has 0 saturated carbocycles. The van der Waals surface area contributed by atoms with Gasteiger partial charge in [0.1, 0.15) is 5.75 Å². The lowest BCUT2D eigenvalue weighted by Gasteiger charge is -2.15. The Bertz CT molecular complexity index is 854. The van der Waals surface area contributed by atoms with Crippen molar-refractivity contribution < 1.29 is 14.3 Å². The molecule has 0 bridgehead atoms. The summed E-state index contributed by atoms with van der Waals surface area (Å²) >= 11 is 1.41. The van der Waals surface area contributed by atoms with Crippen LogP contribution in [-0.2, 0) is 9.59 Å². The quantitative estimate of drug-likeness (QED) is 0.709. The highest BCUT2D eigenvalue weighted by atomic mass is 32.2. The predicted octanol–water partition coefficient (Wildman–Crippen LogP) is 4.43. The molecule has 5 heteroatoms. The Labute approximate surface area is 157 Å². The van der Waals surface area contributed by atoms with E-state index in [1.54, 1.807) is 24.3 Å². The van der Waals surface area contributed by atoms with Gasteiger partial charge in [-0.15, -0.1) is 11.8 Å². The van der Waals surface area contributed by atoms with E-state index in [1.165, 1.54) is 16.7 Å². The molecule has 2 aromatic carbocycles. The first kappa shape index (κ1) is 18.3. The molecule has 26 heavy (non-hydrogen) atoms. The second-order valence-electron chi connectivity index (χ2n) is 5.88. The molecule has 0 atom stereocenters. The van der Waals surface area contributed by atoms with Crippen LogP contribution in [0, 0.1) is 6.92 Å². The van der Waals surface area contributed by atoms with E-state index < -0.39 is 0 Å². The minimum atomic E-state index is -0.279. The zero-order valence-corrected chi connectivity index (χ0v) is 15.9. The summed E-state index contributed by atoms with van der Waals surface area (Å²) in [4.78, 5) is 27.8. The molecule has 1 aliphatic rings. The van der Waals surface area contributed by atoms with Crippen molar-refractivity contribution >= 4 is 34.8 Å². The molecule has 0 unspecified atom stereocenters. The number of rotatable bonds is 6. The van der Waals surface area contributed by atoms with Crippen molar-refractivity contribution in [2.24, 2.45) is 0 Å². The van der Waals surface area contributed by atoms with Gasteiger partial charge in [-0.05, 0) is 49.4 Å². The molecule has 2 amide bonds. The highest BCUT2D eigenvalue weighted by Crippen LogP contribution is 2.38. The molecule has 0 spiro atoms. The molecule has 0 saturated heterocycles. The molecular formula is C21H21NO3S. The maximum atomic E-state index is 13.1. The van der Waals surface area contributed by atoms with Crippen LogP contribution in [0.25, 0.3) is 5.57 Å². The van der Waals surface area contributed by atoms with Gasteiger partial charge >= 0.3 is 0 Å². The number of imide groups is 1. The minimum Gasteiger partial charge on any atom is -0.494 e. The normalized spacial score (nSPS) is 14.3. The van der Waals surface area contributed by atoms with Gasteiger partial charge in [0.2, 0.25) is 0 Å². The lowest BCUT2D eigenvalue weighted by Crippen LogP contribution is -2.31. The highest BCUT2D eigenvalue weighted by molar-refractivity contribution is 8.04. The van der Waals surface area contributed by atoms with E-state index in [1.807, 2.05) is 45.0 Å². The molecule has 134 valence electrons. The van der Waals surface area contributed by atoms with Crippen LogP contribution < -0.4 is 9.64 Å². The van der Waals surface area contributed by atoms with Crippen LogP contribution >= 0.6 is 11.8 Å². The average Bonchev–Trinajstić information content (AvgIpc) is 2.88. The van der Waals surface area contributed by atoms with E-state index in [9.17, 15) is 9.59 Å². The van der Waals surface area contributed by atoms with Crippen LogP contribution in [0.4, 0.5) is 5.69 Å². The van der Waals surface area contributed by atoms with Crippen molar-refractivity contribution in [2.45, 2.75) is 20.8 Å². The fraction of sp³-hybridized carbons (Fsp3) is 0.238. The number of hydrogen-bond acceptors (Lipinski definition) is 4. The van der Waals surface area contributed by atoms with E-state index in [0.717, 1.165) is 16.9 Å². The summed E-state index contributed by atoms with van der Waals surface area (Å²) in [6.07, 6.45) is 0. The second-order valence-corrected chi connectivity index (χ2v) is 7.15. The molecule has 1 heterocycles. The number of hydrogen-bond donors (Lipinski definition) is 0. The van der Waals surface area contributed by atoms with Crippen LogP contribution in [0.15, 0.2) is 53.4 Å². The van der Waals surface area contributed by atoms with Crippen LogP contribution in [0.2, 0.25) is 0 Å². The number of anilines is 1. The summed E-state index contributed by atoms with van der Waals surface area (Å²) in [6.45, 7) is 6.44. The second kappa shape index (κ2) is 7.79. The molecule has 0 N–H and O–H groups in total. The maximum absolute atomic E-state index is 13.1. The third-order valence-electron chi connectivity index (χ3n) is 4.08. The fourth-order valence-corrected chi connectivity index (χ4v) is 3.71. The third kappa shape index (κ3) is 3.40. The lowest BCUT2D eigenvalue weighted by atomic mass is 10.0. The topological polar surface area (TPSA) is 46.6 Å². The number of thioether (sulfide) groups is 1. The Hall–Kier alpha value is -2.53. The summed E-state index contributed by atoms with van der Waals surface area (Å²) in [5.74, 6) is 0.895. The molecule has 4 nitrogen and oxygen atoms in total. The molecule has 1 aliphatic heterocycles. The van der Waals surface area contributed by atoms with Gasteiger partial charge in [-0.3, -0.25) is 9.59 Å². The van der Waals surface area contributed by atoms with E-state index in [-0.39, 0.29) is 11.8 Å². The molecular weight excluding hydrogens is 346 g/mol. The first-order chi connectivity index (χ1) is 12.6. The van der Waals surface area contributed by atoms with Gasteiger partial charge < -0.3 is 4.74 Å². The fourth-order valence-electron chi connectivity index (χ4n) is 2.86. The van der Waals surface area contributed by atoms with Crippen molar-refractivity contribution in [3.63, 3.8) is 0 Å². The maximum Gasteiger partial charge on any atom is 0.272 e. The van der Waals surface area contributed by atoms with Crippen LogP contribution in [0.5, 0.6) is 5.75 Å². The molecule has 3 rings (SSSR count). The van der Waals surface area contributed by atoms with E-state index in [2.05, 4.69) is 0 Å². The van der Waals surface area contributed by atoms with E-state index >= 15 is 0 Å². The van der Waals surface area contributed by atoms with Crippen LogP contribution in [0.1, 0.15) is 25.0 Å². The monoisotopic (exact) mass is 367 g/mol. The Kier molecular flexibility index (Phi) is 5.47. The number of ether oxygens (including phenoxy) is 1. The van der Waals surface area contributed by atoms with Gasteiger partial charge in [-0.25, -0.2) is 4.90 Å². The summed E-state index contributed by atoms with van der Waals surface area (Å²) < 4.78 is 5.44. The highest BCUT2D eigenvalue weighted by Gasteiger charge is 2.39. The third-order valence-corrected chi connectivity index (χ3v) is 5.03. The van der Waals surface area contributed by atoms with E-state index in [0.29, 0.717) is 28.5 Å². The SMILES string of the molecule is CCOc1ccc(N2C(=O)C(SCC)=C(c3ccc(C)cc3)C2=O)cc1. The lowest BCUT2D eigenvalue weighted by molar-refractivity contribution is -0.119. The molecule has 0 aliphatic carbocycles. The molecule has 0 radical (unpaired) electrons. The Balaban J connectivity index is 2.00. The van der Waals surface area contributed by atoms with Gasteiger partial charge in [-0.1, -0.05) is 36.8 Å². The standard InChI is InChI=1S/C21H21NO3S/c1-4-25-17-12-10-16(11-13-17)22-20(23)18(19(21(22)24)26-5-2)15-8-6-14(3)7-9-15/h6-13H,4-5H2,1-3H3. The average molecular weight is 367 g/mol. The zero-order valence-electron chi connectivity index (χ0n) is 15.1. The van der Waals surface area contributed by atoms with Crippen LogP contribution in [-0.4, -0.2) is 24.2 Å². The van der Waals surface area contributed by atoms with Gasteiger partial charge in [0, 0.05) is 0 Å². The number of benzene rings is 2. The van der Waals surface area contributed by atoms with Gasteiger partial charge in [0.15, 0.2) is 0 Å². The summed E-state index contributed by atoms with van der Waals surface area (Å²) in [5.41, 5.74) is 2.92. The summed E-state index contributed by atoms with van der Waals surface area (Å²) in [6, 6.07) is 14.7. The number of aryl methyl sites for hydroxylation is 1. The van der Waals surface area contributed by atoms with Crippen LogP contribution in [0.3, 0.4) is 0 Å². The number of carbonyl (C=O) groups excluding carboxylic acids is 2. The van der Waals surface area contributed by atoms with Gasteiger partial charge in [0.05, 0.1) is 22.8 Å². The smallest absolute Gasteiger partial charge is 0.272 e. The Morgan fingerprint density at radius 3 is 2.15 bits per heavy atom. The molecule has 0 aromatic heterocycles. The number of amides is 2. The first-order valence-electron chi connectivity index (χ1n) is 8.62. The van der Waals surface area contributed by atoms with Crippen molar-refractivity contribution in [3.8, 4) is 5.75 Å². The minimum absolute atomic E-state index is 0.262. The number of nitrogens with zero attached hydrogens (tertiary/aromatic N) is 1. The van der Waals surface area contributed by atoms with Gasteiger partial charge in [-0.2, -0.15) is 0 Å². The molecule has 2 aromatic rings.